The van der Waals surface area contributed by atoms with E-state index in [1.165, 1.54) is 19.3 Å². The first-order valence-corrected chi connectivity index (χ1v) is 5.12. The first kappa shape index (κ1) is 9.24. The maximum Gasteiger partial charge on any atom is 0.146 e. The van der Waals surface area contributed by atoms with E-state index in [9.17, 15) is 0 Å². The minimum atomic E-state index is 0.809. The van der Waals surface area contributed by atoms with Crippen LogP contribution in [0.1, 0.15) is 19.3 Å². The Morgan fingerprint density at radius 2 is 2.14 bits per heavy atom. The van der Waals surface area contributed by atoms with Gasteiger partial charge in [0.2, 0.25) is 0 Å². The van der Waals surface area contributed by atoms with Crippen molar-refractivity contribution in [3.8, 4) is 0 Å². The lowest BCUT2D eigenvalue weighted by Crippen LogP contribution is -2.21. The number of hydrogen-bond donors (Lipinski definition) is 2. The lowest BCUT2D eigenvalue weighted by atomic mass is 9.85. The van der Waals surface area contributed by atoms with Gasteiger partial charge >= 0.3 is 0 Å². The highest BCUT2D eigenvalue weighted by Crippen LogP contribution is 2.26. The molecule has 0 saturated heterocycles. The summed E-state index contributed by atoms with van der Waals surface area (Å²) in [6.07, 6.45) is 7.57. The van der Waals surface area contributed by atoms with E-state index in [0.29, 0.717) is 0 Å². The molecule has 14 heavy (non-hydrogen) atoms. The van der Waals surface area contributed by atoms with Crippen LogP contribution in [0, 0.1) is 5.92 Å². The highest BCUT2D eigenvalue weighted by atomic mass is 15.1. The summed E-state index contributed by atoms with van der Waals surface area (Å²) < 4.78 is 0. The summed E-state index contributed by atoms with van der Waals surface area (Å²) in [5, 5.41) is 6.28. The molecule has 0 radical (unpaired) electrons. The van der Waals surface area contributed by atoms with E-state index in [4.69, 9.17) is 0 Å². The van der Waals surface area contributed by atoms with Crippen LogP contribution in [0.4, 0.5) is 11.6 Å². The molecule has 1 aromatic heterocycles. The van der Waals surface area contributed by atoms with Crippen LogP contribution < -0.4 is 10.6 Å². The summed E-state index contributed by atoms with van der Waals surface area (Å²) in [5.74, 6) is 2.52. The second-order valence-electron chi connectivity index (χ2n) is 3.72. The molecule has 0 amide bonds. The van der Waals surface area contributed by atoms with Gasteiger partial charge in [0.1, 0.15) is 11.6 Å². The Morgan fingerprint density at radius 3 is 2.79 bits per heavy atom. The van der Waals surface area contributed by atoms with Crippen LogP contribution in [0.3, 0.4) is 0 Å². The molecule has 1 aliphatic rings. The predicted molar refractivity (Wildman–Crippen MR) is 57.4 cm³/mol. The van der Waals surface area contributed by atoms with Gasteiger partial charge in [-0.1, -0.05) is 6.42 Å². The van der Waals surface area contributed by atoms with Crippen molar-refractivity contribution in [3.63, 3.8) is 0 Å². The molecule has 0 spiro atoms. The molecule has 1 aliphatic carbocycles. The van der Waals surface area contributed by atoms with E-state index in [1.807, 2.05) is 7.05 Å². The van der Waals surface area contributed by atoms with Crippen molar-refractivity contribution < 1.29 is 0 Å². The quantitative estimate of drug-likeness (QED) is 0.762. The molecule has 0 atom stereocenters. The van der Waals surface area contributed by atoms with Crippen molar-refractivity contribution in [1.82, 2.24) is 9.97 Å². The fourth-order valence-corrected chi connectivity index (χ4v) is 1.52. The van der Waals surface area contributed by atoms with Crippen LogP contribution in [0.5, 0.6) is 0 Å². The maximum atomic E-state index is 4.34. The molecule has 0 aromatic carbocycles. The van der Waals surface area contributed by atoms with Gasteiger partial charge < -0.3 is 10.6 Å². The lowest BCUT2D eigenvalue weighted by molar-refractivity contribution is 0.333. The van der Waals surface area contributed by atoms with Crippen LogP contribution in [0.15, 0.2) is 12.4 Å². The van der Waals surface area contributed by atoms with Gasteiger partial charge in [0, 0.05) is 13.6 Å². The zero-order chi connectivity index (χ0) is 9.80. The zero-order valence-electron chi connectivity index (χ0n) is 8.45. The van der Waals surface area contributed by atoms with Crippen LogP contribution >= 0.6 is 0 Å². The topological polar surface area (TPSA) is 49.8 Å². The van der Waals surface area contributed by atoms with Gasteiger partial charge in [-0.05, 0) is 18.8 Å². The third-order valence-corrected chi connectivity index (χ3v) is 2.69. The molecule has 4 heteroatoms. The van der Waals surface area contributed by atoms with Gasteiger partial charge in [-0.15, -0.1) is 0 Å². The van der Waals surface area contributed by atoms with Crippen molar-refractivity contribution >= 4 is 11.6 Å². The third-order valence-electron chi connectivity index (χ3n) is 2.69. The summed E-state index contributed by atoms with van der Waals surface area (Å²) in [6.45, 7) is 1.03. The Labute approximate surface area is 84.2 Å². The highest BCUT2D eigenvalue weighted by Gasteiger charge is 2.16. The van der Waals surface area contributed by atoms with Gasteiger partial charge in [0.05, 0.1) is 12.4 Å². The average Bonchev–Trinajstić information content (AvgIpc) is 2.16. The molecule has 1 fully saturated rings. The van der Waals surface area contributed by atoms with Crippen LogP contribution in [-0.2, 0) is 0 Å². The number of aromatic nitrogens is 2. The molecule has 1 saturated carbocycles. The first-order valence-electron chi connectivity index (χ1n) is 5.12. The van der Waals surface area contributed by atoms with Gasteiger partial charge in [-0.2, -0.15) is 0 Å². The van der Waals surface area contributed by atoms with E-state index >= 15 is 0 Å². The minimum Gasteiger partial charge on any atom is -0.372 e. The Morgan fingerprint density at radius 1 is 1.36 bits per heavy atom. The van der Waals surface area contributed by atoms with Crippen LogP contribution in [-0.4, -0.2) is 23.6 Å². The lowest BCUT2D eigenvalue weighted by Gasteiger charge is -2.25. The first-order chi connectivity index (χ1) is 6.88. The van der Waals surface area contributed by atoms with E-state index in [0.717, 1.165) is 24.1 Å². The largest absolute Gasteiger partial charge is 0.372 e. The molecular formula is C10H16N4. The molecule has 2 rings (SSSR count). The van der Waals surface area contributed by atoms with Crippen molar-refractivity contribution in [1.29, 1.82) is 0 Å². The van der Waals surface area contributed by atoms with Crippen molar-refractivity contribution in [3.05, 3.63) is 12.4 Å². The Bertz CT molecular complexity index is 296. The summed E-state index contributed by atoms with van der Waals surface area (Å²) in [4.78, 5) is 8.43. The summed E-state index contributed by atoms with van der Waals surface area (Å²) in [5.41, 5.74) is 0. The van der Waals surface area contributed by atoms with Crippen molar-refractivity contribution in [2.75, 3.05) is 24.2 Å². The molecule has 2 N–H and O–H groups in total. The molecular weight excluding hydrogens is 176 g/mol. The Balaban J connectivity index is 1.87. The monoisotopic (exact) mass is 192 g/mol. The SMILES string of the molecule is CNc1cncc(NCC2CCC2)n1. The fourth-order valence-electron chi connectivity index (χ4n) is 1.52. The molecule has 1 heterocycles. The Kier molecular flexibility index (Phi) is 2.81. The molecule has 0 unspecified atom stereocenters. The Hall–Kier alpha value is -1.32. The number of anilines is 2. The van der Waals surface area contributed by atoms with Crippen LogP contribution in [0.2, 0.25) is 0 Å². The summed E-state index contributed by atoms with van der Waals surface area (Å²) in [7, 11) is 1.85. The normalized spacial score (nSPS) is 16.1. The predicted octanol–water partition coefficient (Wildman–Crippen LogP) is 1.73. The van der Waals surface area contributed by atoms with Gasteiger partial charge in [-0.25, -0.2) is 4.98 Å². The van der Waals surface area contributed by atoms with Gasteiger partial charge in [0.15, 0.2) is 0 Å². The standard InChI is InChI=1S/C10H16N4/c1-11-9-6-12-7-10(14-9)13-5-8-3-2-4-8/h6-8H,2-5H2,1H3,(H2,11,13,14). The maximum absolute atomic E-state index is 4.34. The minimum absolute atomic E-state index is 0.809. The smallest absolute Gasteiger partial charge is 0.146 e. The molecule has 1 aromatic rings. The second kappa shape index (κ2) is 4.26. The average molecular weight is 192 g/mol. The second-order valence-corrected chi connectivity index (χ2v) is 3.72. The van der Waals surface area contributed by atoms with Crippen LogP contribution in [0.25, 0.3) is 0 Å². The molecule has 4 nitrogen and oxygen atoms in total. The number of nitrogens with zero attached hydrogens (tertiary/aromatic N) is 2. The van der Waals surface area contributed by atoms with E-state index in [2.05, 4.69) is 20.6 Å². The fraction of sp³-hybridized carbons (Fsp3) is 0.600. The van der Waals surface area contributed by atoms with Crippen molar-refractivity contribution in [2.24, 2.45) is 5.92 Å². The van der Waals surface area contributed by atoms with E-state index < -0.39 is 0 Å². The van der Waals surface area contributed by atoms with Crippen molar-refractivity contribution in [2.45, 2.75) is 19.3 Å². The van der Waals surface area contributed by atoms with Gasteiger partial charge in [0.25, 0.3) is 0 Å². The number of hydrogen-bond acceptors (Lipinski definition) is 4. The summed E-state index contributed by atoms with van der Waals surface area (Å²) in [6, 6.07) is 0. The molecule has 76 valence electrons. The van der Waals surface area contributed by atoms with E-state index in [1.54, 1.807) is 12.4 Å². The molecule has 0 aliphatic heterocycles. The van der Waals surface area contributed by atoms with Gasteiger partial charge in [-0.3, -0.25) is 4.98 Å². The van der Waals surface area contributed by atoms with E-state index in [-0.39, 0.29) is 0 Å². The number of nitrogens with one attached hydrogen (secondary N) is 2. The summed E-state index contributed by atoms with van der Waals surface area (Å²) >= 11 is 0. The highest BCUT2D eigenvalue weighted by molar-refractivity contribution is 5.40. The third kappa shape index (κ3) is 2.13. The molecule has 0 bridgehead atoms. The zero-order valence-corrected chi connectivity index (χ0v) is 8.45. The number of rotatable bonds is 4.